The summed E-state index contributed by atoms with van der Waals surface area (Å²) in [4.78, 5) is 0. The van der Waals surface area contributed by atoms with Gasteiger partial charge < -0.3 is 10.2 Å². The van der Waals surface area contributed by atoms with Gasteiger partial charge in [-0.2, -0.15) is 0 Å². The number of rotatable bonds is 14. The van der Waals surface area contributed by atoms with E-state index in [1.807, 2.05) is 6.07 Å². The normalized spacial score (nSPS) is 12.4. The van der Waals surface area contributed by atoms with E-state index in [1.54, 1.807) is 6.07 Å². The number of aromatic hydroxyl groups is 2. The molecule has 0 aromatic heterocycles. The molecule has 0 aliphatic carbocycles. The van der Waals surface area contributed by atoms with Gasteiger partial charge in [-0.25, -0.2) is 0 Å². The maximum absolute atomic E-state index is 9.79. The van der Waals surface area contributed by atoms with Gasteiger partial charge in [0, 0.05) is 0 Å². The van der Waals surface area contributed by atoms with Gasteiger partial charge in [0.15, 0.2) is 11.5 Å². The number of benzene rings is 1. The van der Waals surface area contributed by atoms with Crippen LogP contribution >= 0.6 is 0 Å². The molecule has 1 unspecified atom stereocenters. The van der Waals surface area contributed by atoms with Crippen molar-refractivity contribution in [3.8, 4) is 11.5 Å². The van der Waals surface area contributed by atoms with Crippen molar-refractivity contribution in [3.63, 3.8) is 0 Å². The Hall–Kier alpha value is -1.18. The lowest BCUT2D eigenvalue weighted by Gasteiger charge is -2.11. The Morgan fingerprint density at radius 3 is 2.04 bits per heavy atom. The van der Waals surface area contributed by atoms with Crippen LogP contribution in [0.5, 0.6) is 11.5 Å². The maximum atomic E-state index is 9.79. The molecule has 1 rings (SSSR count). The number of phenolic OH excluding ortho intramolecular Hbond substituents is 2. The fourth-order valence-corrected chi connectivity index (χ4v) is 3.36. The van der Waals surface area contributed by atoms with E-state index in [1.165, 1.54) is 76.7 Å². The van der Waals surface area contributed by atoms with Crippen LogP contribution in [0.15, 0.2) is 18.2 Å². The molecule has 0 aliphatic heterocycles. The Kier molecular flexibility index (Phi) is 11.4. The maximum Gasteiger partial charge on any atom is 0.160 e. The summed E-state index contributed by atoms with van der Waals surface area (Å²) >= 11 is 0. The fourth-order valence-electron chi connectivity index (χ4n) is 3.36. The minimum absolute atomic E-state index is 0.00411. The first kappa shape index (κ1) is 20.9. The molecule has 0 spiro atoms. The molecule has 2 heteroatoms. The molecule has 0 amide bonds. The molecule has 0 heterocycles. The van der Waals surface area contributed by atoms with Crippen LogP contribution in [0.3, 0.4) is 0 Å². The van der Waals surface area contributed by atoms with E-state index in [0.717, 1.165) is 24.3 Å². The fraction of sp³-hybridized carbons (Fsp3) is 0.727. The van der Waals surface area contributed by atoms with E-state index in [2.05, 4.69) is 13.8 Å². The van der Waals surface area contributed by atoms with Crippen molar-refractivity contribution in [1.82, 2.24) is 0 Å². The van der Waals surface area contributed by atoms with Crippen molar-refractivity contribution in [3.05, 3.63) is 23.8 Å². The highest BCUT2D eigenvalue weighted by Gasteiger charge is 2.06. The zero-order chi connectivity index (χ0) is 17.6. The van der Waals surface area contributed by atoms with E-state index in [0.29, 0.717) is 0 Å². The van der Waals surface area contributed by atoms with Gasteiger partial charge in [0.25, 0.3) is 0 Å². The molecule has 0 bridgehead atoms. The second-order valence-electron chi connectivity index (χ2n) is 7.40. The average Bonchev–Trinajstić information content (AvgIpc) is 2.57. The number of unbranched alkanes of at least 4 members (excludes halogenated alkanes) is 8. The van der Waals surface area contributed by atoms with E-state index in [-0.39, 0.29) is 11.5 Å². The first-order valence-corrected chi connectivity index (χ1v) is 10.1. The van der Waals surface area contributed by atoms with Crippen molar-refractivity contribution in [2.24, 2.45) is 5.92 Å². The number of para-hydroxylation sites is 1. The summed E-state index contributed by atoms with van der Waals surface area (Å²) in [6, 6.07) is 5.24. The predicted molar refractivity (Wildman–Crippen MR) is 104 cm³/mol. The highest BCUT2D eigenvalue weighted by molar-refractivity contribution is 5.44. The molecule has 0 aliphatic rings. The Morgan fingerprint density at radius 2 is 1.38 bits per heavy atom. The summed E-state index contributed by atoms with van der Waals surface area (Å²) in [5, 5.41) is 19.3. The smallest absolute Gasteiger partial charge is 0.160 e. The summed E-state index contributed by atoms with van der Waals surface area (Å²) in [5.41, 5.74) is 0.866. The summed E-state index contributed by atoms with van der Waals surface area (Å²) in [6.45, 7) is 4.64. The van der Waals surface area contributed by atoms with Crippen LogP contribution < -0.4 is 0 Å². The number of hydrogen-bond acceptors (Lipinski definition) is 2. The molecule has 24 heavy (non-hydrogen) atoms. The second-order valence-corrected chi connectivity index (χ2v) is 7.40. The molecule has 0 fully saturated rings. The first-order chi connectivity index (χ1) is 11.6. The quantitative estimate of drug-likeness (QED) is 0.285. The van der Waals surface area contributed by atoms with Crippen molar-refractivity contribution < 1.29 is 10.2 Å². The molecule has 1 aromatic rings. The molecule has 0 saturated carbocycles. The highest BCUT2D eigenvalue weighted by atomic mass is 16.3. The lowest BCUT2D eigenvalue weighted by molar-refractivity contribution is 0.397. The molecule has 0 saturated heterocycles. The minimum Gasteiger partial charge on any atom is -0.504 e. The zero-order valence-corrected chi connectivity index (χ0v) is 15.9. The number of phenols is 2. The third-order valence-electron chi connectivity index (χ3n) is 5.04. The Labute approximate surface area is 149 Å². The first-order valence-electron chi connectivity index (χ1n) is 10.1. The van der Waals surface area contributed by atoms with Crippen LogP contribution in [0.25, 0.3) is 0 Å². The Morgan fingerprint density at radius 1 is 0.792 bits per heavy atom. The van der Waals surface area contributed by atoms with Gasteiger partial charge >= 0.3 is 0 Å². The standard InChI is InChI=1S/C22H38O2/c1-3-4-5-6-7-8-9-10-14-19(2)15-11-12-16-20-17-13-18-21(23)22(20)24/h13,17-19,23-24H,3-12,14-16H2,1-2H3. The van der Waals surface area contributed by atoms with Gasteiger partial charge in [0.1, 0.15) is 0 Å². The van der Waals surface area contributed by atoms with Crippen LogP contribution in [0, 0.1) is 5.92 Å². The lowest BCUT2D eigenvalue weighted by Crippen LogP contribution is -1.96. The van der Waals surface area contributed by atoms with E-state index >= 15 is 0 Å². The largest absolute Gasteiger partial charge is 0.504 e. The Balaban J connectivity index is 1.98. The third-order valence-corrected chi connectivity index (χ3v) is 5.04. The number of hydrogen-bond donors (Lipinski definition) is 2. The van der Waals surface area contributed by atoms with Gasteiger partial charge in [-0.15, -0.1) is 0 Å². The van der Waals surface area contributed by atoms with Crippen molar-refractivity contribution in [1.29, 1.82) is 0 Å². The molecule has 1 atom stereocenters. The third kappa shape index (κ3) is 9.20. The van der Waals surface area contributed by atoms with E-state index in [9.17, 15) is 10.2 Å². The molecule has 1 aromatic carbocycles. The summed E-state index contributed by atoms with van der Waals surface area (Å²) in [6.07, 6.45) is 16.9. The molecule has 0 radical (unpaired) electrons. The van der Waals surface area contributed by atoms with Crippen LogP contribution in [0.4, 0.5) is 0 Å². The van der Waals surface area contributed by atoms with Gasteiger partial charge in [0.05, 0.1) is 0 Å². The summed E-state index contributed by atoms with van der Waals surface area (Å²) < 4.78 is 0. The minimum atomic E-state index is -0.00411. The monoisotopic (exact) mass is 334 g/mol. The van der Waals surface area contributed by atoms with Crippen LogP contribution in [-0.4, -0.2) is 10.2 Å². The van der Waals surface area contributed by atoms with E-state index in [4.69, 9.17) is 0 Å². The van der Waals surface area contributed by atoms with E-state index < -0.39 is 0 Å². The predicted octanol–water partition coefficient (Wildman–Crippen LogP) is 6.98. The second kappa shape index (κ2) is 13.1. The van der Waals surface area contributed by atoms with Gasteiger partial charge in [-0.1, -0.05) is 96.6 Å². The average molecular weight is 335 g/mol. The molecule has 2 N–H and O–H groups in total. The molecular formula is C22H38O2. The molecule has 2 nitrogen and oxygen atoms in total. The lowest BCUT2D eigenvalue weighted by atomic mass is 9.95. The van der Waals surface area contributed by atoms with Crippen molar-refractivity contribution >= 4 is 0 Å². The number of aryl methyl sites for hydroxylation is 1. The van der Waals surface area contributed by atoms with Crippen molar-refractivity contribution in [2.45, 2.75) is 97.3 Å². The highest BCUT2D eigenvalue weighted by Crippen LogP contribution is 2.29. The zero-order valence-electron chi connectivity index (χ0n) is 15.9. The van der Waals surface area contributed by atoms with Crippen LogP contribution in [0.1, 0.15) is 96.5 Å². The molecular weight excluding hydrogens is 296 g/mol. The van der Waals surface area contributed by atoms with Crippen LogP contribution in [-0.2, 0) is 6.42 Å². The van der Waals surface area contributed by atoms with Crippen LogP contribution in [0.2, 0.25) is 0 Å². The summed E-state index contributed by atoms with van der Waals surface area (Å²) in [5.74, 6) is 0.864. The molecule has 138 valence electrons. The topological polar surface area (TPSA) is 40.5 Å². The Bertz CT molecular complexity index is 428. The van der Waals surface area contributed by atoms with Gasteiger partial charge in [-0.05, 0) is 30.4 Å². The summed E-state index contributed by atoms with van der Waals surface area (Å²) in [7, 11) is 0. The van der Waals surface area contributed by atoms with Gasteiger partial charge in [0.2, 0.25) is 0 Å². The van der Waals surface area contributed by atoms with Gasteiger partial charge in [-0.3, -0.25) is 0 Å². The SMILES string of the molecule is CCCCCCCCCCC(C)CCCCc1cccc(O)c1O. The van der Waals surface area contributed by atoms with Crippen molar-refractivity contribution in [2.75, 3.05) is 0 Å².